The molecule has 2 aromatic carbocycles. The standard InChI is InChI=1S/C17H20Cl2N2O/c18-14-7-6-13(8-15(14)19)10-21-11-17(22)16(20)9-12-4-2-1-3-5-12/h1-8,16-17,21-22H,9-11,20H2. The predicted molar refractivity (Wildman–Crippen MR) is 92.3 cm³/mol. The van der Waals surface area contributed by atoms with Gasteiger partial charge in [-0.05, 0) is 29.7 Å². The normalized spacial score (nSPS) is 13.8. The zero-order valence-corrected chi connectivity index (χ0v) is 13.7. The van der Waals surface area contributed by atoms with Crippen LogP contribution < -0.4 is 11.1 Å². The van der Waals surface area contributed by atoms with Gasteiger partial charge >= 0.3 is 0 Å². The first kappa shape index (κ1) is 17.3. The lowest BCUT2D eigenvalue weighted by atomic mass is 10.0. The predicted octanol–water partition coefficient (Wildman–Crippen LogP) is 3.01. The van der Waals surface area contributed by atoms with Gasteiger partial charge in [0.05, 0.1) is 16.1 Å². The van der Waals surface area contributed by atoms with Crippen molar-refractivity contribution in [2.75, 3.05) is 6.54 Å². The summed E-state index contributed by atoms with van der Waals surface area (Å²) in [6.07, 6.45) is 0.0409. The Balaban J connectivity index is 1.77. The van der Waals surface area contributed by atoms with Crippen molar-refractivity contribution in [3.8, 4) is 0 Å². The summed E-state index contributed by atoms with van der Waals surface area (Å²) in [4.78, 5) is 0. The highest BCUT2D eigenvalue weighted by Crippen LogP contribution is 2.22. The third-order valence-corrected chi connectivity index (χ3v) is 4.21. The number of benzene rings is 2. The molecule has 4 N–H and O–H groups in total. The second-order valence-corrected chi connectivity index (χ2v) is 6.11. The molecule has 0 amide bonds. The molecular weight excluding hydrogens is 319 g/mol. The topological polar surface area (TPSA) is 58.3 Å². The van der Waals surface area contributed by atoms with E-state index in [-0.39, 0.29) is 6.04 Å². The Morgan fingerprint density at radius 2 is 1.73 bits per heavy atom. The molecule has 5 heteroatoms. The van der Waals surface area contributed by atoms with Crippen molar-refractivity contribution >= 4 is 23.2 Å². The van der Waals surface area contributed by atoms with E-state index in [9.17, 15) is 5.11 Å². The number of nitrogens with two attached hydrogens (primary N) is 1. The molecule has 0 saturated heterocycles. The molecule has 0 aliphatic rings. The molecule has 0 heterocycles. The summed E-state index contributed by atoms with van der Waals surface area (Å²) in [5.41, 5.74) is 8.18. The first-order chi connectivity index (χ1) is 10.6. The summed E-state index contributed by atoms with van der Waals surface area (Å²) in [7, 11) is 0. The maximum Gasteiger partial charge on any atom is 0.0818 e. The summed E-state index contributed by atoms with van der Waals surface area (Å²) < 4.78 is 0. The summed E-state index contributed by atoms with van der Waals surface area (Å²) >= 11 is 11.8. The molecule has 22 heavy (non-hydrogen) atoms. The van der Waals surface area contributed by atoms with Gasteiger partial charge in [0.2, 0.25) is 0 Å². The van der Waals surface area contributed by atoms with E-state index in [2.05, 4.69) is 5.32 Å². The van der Waals surface area contributed by atoms with Crippen LogP contribution in [0.15, 0.2) is 48.5 Å². The van der Waals surface area contributed by atoms with Gasteiger partial charge in [0.25, 0.3) is 0 Å². The van der Waals surface area contributed by atoms with Gasteiger partial charge in [-0.15, -0.1) is 0 Å². The lowest BCUT2D eigenvalue weighted by Crippen LogP contribution is -2.42. The first-order valence-corrected chi connectivity index (χ1v) is 7.94. The van der Waals surface area contributed by atoms with Crippen LogP contribution in [0.1, 0.15) is 11.1 Å². The molecule has 2 rings (SSSR count). The van der Waals surface area contributed by atoms with E-state index in [1.165, 1.54) is 0 Å². The Bertz CT molecular complexity index is 592. The van der Waals surface area contributed by atoms with Crippen molar-refractivity contribution in [2.24, 2.45) is 5.73 Å². The number of aliphatic hydroxyl groups excluding tert-OH is 1. The Morgan fingerprint density at radius 1 is 1.00 bits per heavy atom. The van der Waals surface area contributed by atoms with Gasteiger partial charge in [0.15, 0.2) is 0 Å². The number of rotatable bonds is 7. The lowest BCUT2D eigenvalue weighted by molar-refractivity contribution is 0.141. The maximum atomic E-state index is 10.1. The van der Waals surface area contributed by atoms with Gasteiger partial charge in [-0.3, -0.25) is 0 Å². The van der Waals surface area contributed by atoms with Crippen LogP contribution in [-0.4, -0.2) is 23.8 Å². The Labute approximate surface area is 141 Å². The van der Waals surface area contributed by atoms with Gasteiger partial charge in [0.1, 0.15) is 0 Å². The van der Waals surface area contributed by atoms with Crippen LogP contribution in [0, 0.1) is 0 Å². The molecule has 0 spiro atoms. The van der Waals surface area contributed by atoms with Crippen LogP contribution in [0.4, 0.5) is 0 Å². The molecule has 0 aromatic heterocycles. The van der Waals surface area contributed by atoms with Crippen LogP contribution in [0.3, 0.4) is 0 Å². The molecule has 0 bridgehead atoms. The van der Waals surface area contributed by atoms with Gasteiger partial charge in [-0.25, -0.2) is 0 Å². The van der Waals surface area contributed by atoms with Crippen LogP contribution >= 0.6 is 23.2 Å². The Hall–Kier alpha value is -1.10. The molecule has 2 unspecified atom stereocenters. The van der Waals surface area contributed by atoms with E-state index in [1.807, 2.05) is 42.5 Å². The quantitative estimate of drug-likeness (QED) is 0.727. The lowest BCUT2D eigenvalue weighted by Gasteiger charge is -2.19. The zero-order valence-electron chi connectivity index (χ0n) is 12.2. The molecule has 0 aliphatic carbocycles. The van der Waals surface area contributed by atoms with E-state index in [0.29, 0.717) is 29.6 Å². The largest absolute Gasteiger partial charge is 0.390 e. The molecule has 0 radical (unpaired) electrons. The Kier molecular flexibility index (Phi) is 6.68. The smallest absolute Gasteiger partial charge is 0.0818 e. The fourth-order valence-corrected chi connectivity index (χ4v) is 2.51. The van der Waals surface area contributed by atoms with Crippen molar-refractivity contribution in [1.29, 1.82) is 0 Å². The second-order valence-electron chi connectivity index (χ2n) is 5.30. The van der Waals surface area contributed by atoms with Gasteiger partial charge in [-0.1, -0.05) is 59.6 Å². The molecule has 118 valence electrons. The average Bonchev–Trinajstić information content (AvgIpc) is 2.51. The fraction of sp³-hybridized carbons (Fsp3) is 0.294. The third-order valence-electron chi connectivity index (χ3n) is 3.48. The minimum atomic E-state index is -0.608. The fourth-order valence-electron chi connectivity index (χ4n) is 2.19. The monoisotopic (exact) mass is 338 g/mol. The van der Waals surface area contributed by atoms with Crippen molar-refractivity contribution in [3.05, 3.63) is 69.7 Å². The maximum absolute atomic E-state index is 10.1. The van der Waals surface area contributed by atoms with Crippen LogP contribution in [-0.2, 0) is 13.0 Å². The molecule has 2 atom stereocenters. The SMILES string of the molecule is NC(Cc1ccccc1)C(O)CNCc1ccc(Cl)c(Cl)c1. The molecule has 3 nitrogen and oxygen atoms in total. The van der Waals surface area contributed by atoms with Gasteiger partial charge in [0, 0.05) is 19.1 Å². The third kappa shape index (κ3) is 5.27. The van der Waals surface area contributed by atoms with E-state index >= 15 is 0 Å². The minimum absolute atomic E-state index is 0.302. The molecule has 0 saturated carbocycles. The number of hydrogen-bond donors (Lipinski definition) is 3. The van der Waals surface area contributed by atoms with E-state index < -0.39 is 6.10 Å². The number of hydrogen-bond acceptors (Lipinski definition) is 3. The van der Waals surface area contributed by atoms with Crippen LogP contribution in [0.2, 0.25) is 10.0 Å². The van der Waals surface area contributed by atoms with E-state index in [4.69, 9.17) is 28.9 Å². The molecule has 2 aromatic rings. The van der Waals surface area contributed by atoms with Crippen molar-refractivity contribution < 1.29 is 5.11 Å². The number of nitrogens with one attached hydrogen (secondary N) is 1. The zero-order chi connectivity index (χ0) is 15.9. The summed E-state index contributed by atoms with van der Waals surface area (Å²) in [5.74, 6) is 0. The number of aliphatic hydroxyl groups is 1. The van der Waals surface area contributed by atoms with Gasteiger partial charge in [-0.2, -0.15) is 0 Å². The Morgan fingerprint density at radius 3 is 2.41 bits per heavy atom. The minimum Gasteiger partial charge on any atom is -0.390 e. The summed E-state index contributed by atoms with van der Waals surface area (Å²) in [6.45, 7) is 1.03. The van der Waals surface area contributed by atoms with E-state index in [1.54, 1.807) is 6.07 Å². The summed E-state index contributed by atoms with van der Waals surface area (Å²) in [5, 5.41) is 14.4. The van der Waals surface area contributed by atoms with Crippen molar-refractivity contribution in [2.45, 2.75) is 25.1 Å². The highest BCUT2D eigenvalue weighted by molar-refractivity contribution is 6.42. The van der Waals surface area contributed by atoms with Crippen LogP contribution in [0.5, 0.6) is 0 Å². The molecule has 0 fully saturated rings. The molecule has 0 aliphatic heterocycles. The van der Waals surface area contributed by atoms with Crippen molar-refractivity contribution in [1.82, 2.24) is 5.32 Å². The first-order valence-electron chi connectivity index (χ1n) is 7.18. The van der Waals surface area contributed by atoms with Gasteiger partial charge < -0.3 is 16.2 Å². The van der Waals surface area contributed by atoms with Crippen molar-refractivity contribution in [3.63, 3.8) is 0 Å². The number of halogens is 2. The average molecular weight is 339 g/mol. The summed E-state index contributed by atoms with van der Waals surface area (Å²) in [6, 6.07) is 15.1. The van der Waals surface area contributed by atoms with E-state index in [0.717, 1.165) is 11.1 Å². The van der Waals surface area contributed by atoms with Crippen LogP contribution in [0.25, 0.3) is 0 Å². The highest BCUT2D eigenvalue weighted by Gasteiger charge is 2.14. The molecular formula is C17H20Cl2N2O. The highest BCUT2D eigenvalue weighted by atomic mass is 35.5. The second kappa shape index (κ2) is 8.51.